The minimum atomic E-state index is -0.309. The Kier molecular flexibility index (Phi) is 3.83. The zero-order chi connectivity index (χ0) is 12.3. The minimum absolute atomic E-state index is 0.0142. The summed E-state index contributed by atoms with van der Waals surface area (Å²) in [7, 11) is 1.38. The summed E-state index contributed by atoms with van der Waals surface area (Å²) in [5.41, 5.74) is 0. The van der Waals surface area contributed by atoms with E-state index in [4.69, 9.17) is 0 Å². The van der Waals surface area contributed by atoms with Crippen molar-refractivity contribution >= 4 is 12.0 Å². The van der Waals surface area contributed by atoms with Crippen molar-refractivity contribution < 1.29 is 14.3 Å². The second-order valence-electron chi connectivity index (χ2n) is 4.43. The number of carbonyl (C=O) groups excluding carboxylic acids is 2. The largest absolute Gasteiger partial charge is 0.453 e. The number of ether oxygens (including phenoxy) is 1. The van der Waals surface area contributed by atoms with Gasteiger partial charge >= 0.3 is 6.09 Å². The van der Waals surface area contributed by atoms with E-state index < -0.39 is 0 Å². The van der Waals surface area contributed by atoms with Gasteiger partial charge < -0.3 is 19.9 Å². The Morgan fingerprint density at radius 3 is 2.35 bits per heavy atom. The molecule has 96 valence electrons. The van der Waals surface area contributed by atoms with Crippen molar-refractivity contribution in [3.63, 3.8) is 0 Å². The van der Waals surface area contributed by atoms with Gasteiger partial charge in [-0.2, -0.15) is 0 Å². The molecular formula is C11H19N3O3. The van der Waals surface area contributed by atoms with E-state index in [1.807, 2.05) is 4.90 Å². The first-order valence-electron chi connectivity index (χ1n) is 6.07. The molecule has 0 spiro atoms. The third-order valence-electron chi connectivity index (χ3n) is 3.38. The normalized spacial score (nSPS) is 24.9. The molecule has 0 unspecified atom stereocenters. The lowest BCUT2D eigenvalue weighted by Crippen LogP contribution is -2.54. The Balaban J connectivity index is 1.82. The molecule has 0 aliphatic carbocycles. The van der Waals surface area contributed by atoms with Gasteiger partial charge in [-0.05, 0) is 19.4 Å². The van der Waals surface area contributed by atoms with Crippen LogP contribution < -0.4 is 5.32 Å². The first-order chi connectivity index (χ1) is 8.22. The molecule has 2 heterocycles. The number of hydrogen-bond acceptors (Lipinski definition) is 4. The monoisotopic (exact) mass is 241 g/mol. The van der Waals surface area contributed by atoms with E-state index in [2.05, 4.69) is 10.1 Å². The zero-order valence-corrected chi connectivity index (χ0v) is 10.1. The Labute approximate surface area is 101 Å². The first-order valence-corrected chi connectivity index (χ1v) is 6.07. The van der Waals surface area contributed by atoms with Crippen molar-refractivity contribution in [2.75, 3.05) is 39.8 Å². The average molecular weight is 241 g/mol. The van der Waals surface area contributed by atoms with Crippen molar-refractivity contribution in [3.8, 4) is 0 Å². The number of hydrogen-bond donors (Lipinski definition) is 1. The van der Waals surface area contributed by atoms with Crippen LogP contribution in [0.15, 0.2) is 0 Å². The number of piperazine rings is 1. The summed E-state index contributed by atoms with van der Waals surface area (Å²) in [4.78, 5) is 26.8. The van der Waals surface area contributed by atoms with Gasteiger partial charge in [-0.25, -0.2) is 4.79 Å². The minimum Gasteiger partial charge on any atom is -0.453 e. The predicted octanol–water partition coefficient (Wildman–Crippen LogP) is -0.351. The molecule has 0 bridgehead atoms. The number of rotatable bonds is 1. The summed E-state index contributed by atoms with van der Waals surface area (Å²) in [6, 6.07) is -0.0142. The maximum absolute atomic E-state index is 12.1. The highest BCUT2D eigenvalue weighted by molar-refractivity contribution is 5.82. The summed E-state index contributed by atoms with van der Waals surface area (Å²) in [6.45, 7) is 3.26. The summed E-state index contributed by atoms with van der Waals surface area (Å²) in [6.07, 6.45) is 1.69. The Morgan fingerprint density at radius 1 is 1.18 bits per heavy atom. The van der Waals surface area contributed by atoms with E-state index in [1.54, 1.807) is 4.90 Å². The number of nitrogens with one attached hydrogen (secondary N) is 1. The second kappa shape index (κ2) is 5.35. The summed E-state index contributed by atoms with van der Waals surface area (Å²) in [5, 5.41) is 3.20. The fraction of sp³-hybridized carbons (Fsp3) is 0.818. The van der Waals surface area contributed by atoms with Crippen LogP contribution in [0.1, 0.15) is 12.8 Å². The maximum atomic E-state index is 12.1. The van der Waals surface area contributed by atoms with Crippen LogP contribution in [0, 0.1) is 0 Å². The molecule has 6 heteroatoms. The molecule has 2 aliphatic rings. The number of carbonyl (C=O) groups is 2. The zero-order valence-electron chi connectivity index (χ0n) is 10.1. The molecule has 0 aromatic rings. The third-order valence-corrected chi connectivity index (χ3v) is 3.38. The van der Waals surface area contributed by atoms with Crippen LogP contribution in [0.3, 0.4) is 0 Å². The number of methoxy groups -OCH3 is 1. The standard InChI is InChI=1S/C11H19N3O3/c1-17-11(16)14-7-5-13(6-8-14)10(15)9-3-2-4-12-9/h9,12H,2-8H2,1H3/t9-/m0/s1. The Morgan fingerprint density at radius 2 is 1.82 bits per heavy atom. The fourth-order valence-corrected chi connectivity index (χ4v) is 2.35. The summed E-state index contributed by atoms with van der Waals surface area (Å²) in [5.74, 6) is 0.173. The van der Waals surface area contributed by atoms with E-state index in [-0.39, 0.29) is 18.0 Å². The van der Waals surface area contributed by atoms with Gasteiger partial charge in [-0.3, -0.25) is 4.79 Å². The fourth-order valence-electron chi connectivity index (χ4n) is 2.35. The van der Waals surface area contributed by atoms with Gasteiger partial charge in [0, 0.05) is 26.2 Å². The SMILES string of the molecule is COC(=O)N1CCN(C(=O)[C@@H]2CCCN2)CC1. The highest BCUT2D eigenvalue weighted by atomic mass is 16.5. The van der Waals surface area contributed by atoms with E-state index in [0.717, 1.165) is 19.4 Å². The van der Waals surface area contributed by atoms with Gasteiger partial charge in [0.05, 0.1) is 13.2 Å². The van der Waals surface area contributed by atoms with E-state index >= 15 is 0 Å². The summed E-state index contributed by atoms with van der Waals surface area (Å²) >= 11 is 0. The molecule has 1 atom stereocenters. The van der Waals surface area contributed by atoms with Crippen molar-refractivity contribution in [2.24, 2.45) is 0 Å². The Bertz CT molecular complexity index is 294. The van der Waals surface area contributed by atoms with Crippen molar-refractivity contribution in [1.29, 1.82) is 0 Å². The quantitative estimate of drug-likeness (QED) is 0.681. The van der Waals surface area contributed by atoms with Crippen molar-refractivity contribution in [2.45, 2.75) is 18.9 Å². The molecule has 2 rings (SSSR count). The average Bonchev–Trinajstić information content (AvgIpc) is 2.91. The molecule has 17 heavy (non-hydrogen) atoms. The highest BCUT2D eigenvalue weighted by Crippen LogP contribution is 2.11. The predicted molar refractivity (Wildman–Crippen MR) is 61.6 cm³/mol. The second-order valence-corrected chi connectivity index (χ2v) is 4.43. The molecular weight excluding hydrogens is 222 g/mol. The molecule has 1 N–H and O–H groups in total. The lowest BCUT2D eigenvalue weighted by Gasteiger charge is -2.35. The van der Waals surface area contributed by atoms with Gasteiger partial charge in [0.1, 0.15) is 0 Å². The molecule has 2 saturated heterocycles. The molecule has 6 nitrogen and oxygen atoms in total. The van der Waals surface area contributed by atoms with Gasteiger partial charge in [0.2, 0.25) is 5.91 Å². The summed E-state index contributed by atoms with van der Waals surface area (Å²) < 4.78 is 4.66. The van der Waals surface area contributed by atoms with Gasteiger partial charge in [0.15, 0.2) is 0 Å². The van der Waals surface area contributed by atoms with Crippen LogP contribution in [0.5, 0.6) is 0 Å². The van der Waals surface area contributed by atoms with Crippen LogP contribution >= 0.6 is 0 Å². The third kappa shape index (κ3) is 2.69. The van der Waals surface area contributed by atoms with Crippen LogP contribution in [0.25, 0.3) is 0 Å². The van der Waals surface area contributed by atoms with E-state index in [9.17, 15) is 9.59 Å². The molecule has 0 aromatic carbocycles. The number of amides is 2. The van der Waals surface area contributed by atoms with Crippen molar-refractivity contribution in [3.05, 3.63) is 0 Å². The molecule has 2 amide bonds. The molecule has 0 radical (unpaired) electrons. The van der Waals surface area contributed by atoms with E-state index in [1.165, 1.54) is 7.11 Å². The van der Waals surface area contributed by atoms with Crippen LogP contribution in [-0.2, 0) is 9.53 Å². The van der Waals surface area contributed by atoms with Crippen molar-refractivity contribution in [1.82, 2.24) is 15.1 Å². The smallest absolute Gasteiger partial charge is 0.409 e. The lowest BCUT2D eigenvalue weighted by molar-refractivity contribution is -0.134. The lowest BCUT2D eigenvalue weighted by atomic mass is 10.2. The highest BCUT2D eigenvalue weighted by Gasteiger charge is 2.30. The van der Waals surface area contributed by atoms with Gasteiger partial charge in [-0.1, -0.05) is 0 Å². The molecule has 2 fully saturated rings. The maximum Gasteiger partial charge on any atom is 0.409 e. The molecule has 0 saturated carbocycles. The van der Waals surface area contributed by atoms with Crippen LogP contribution in [0.4, 0.5) is 4.79 Å². The number of nitrogens with zero attached hydrogens (tertiary/aromatic N) is 2. The topological polar surface area (TPSA) is 61.9 Å². The van der Waals surface area contributed by atoms with Crippen LogP contribution in [0.2, 0.25) is 0 Å². The molecule has 0 aromatic heterocycles. The van der Waals surface area contributed by atoms with Gasteiger partial charge in [-0.15, -0.1) is 0 Å². The van der Waals surface area contributed by atoms with Gasteiger partial charge in [0.25, 0.3) is 0 Å². The van der Waals surface area contributed by atoms with Crippen LogP contribution in [-0.4, -0.2) is 67.7 Å². The van der Waals surface area contributed by atoms with E-state index in [0.29, 0.717) is 26.2 Å². The first kappa shape index (κ1) is 12.2. The molecule has 2 aliphatic heterocycles. The Hall–Kier alpha value is -1.30.